The number of aryl methyl sites for hydroxylation is 2. The van der Waals surface area contributed by atoms with E-state index in [1.54, 1.807) is 0 Å². The molecule has 0 aliphatic heterocycles. The summed E-state index contributed by atoms with van der Waals surface area (Å²) in [4.78, 5) is 12.7. The quantitative estimate of drug-likeness (QED) is 0.486. The van der Waals surface area contributed by atoms with E-state index in [0.717, 1.165) is 34.4 Å². The lowest BCUT2D eigenvalue weighted by atomic mass is 9.97. The average molecular weight is 410 g/mol. The van der Waals surface area contributed by atoms with Crippen LogP contribution in [0.1, 0.15) is 49.8 Å². The standard InChI is InChI=1S/C23H27N3O2S/c1-6-16(4)19-9-7-8-10-20(19)24-21(27)17(5)29-23-26-25-22(28-23)18-12-14(2)11-15(3)13-18/h7-13,16-17H,6H2,1-5H3,(H,24,27)/t16-,17-/m0/s1. The molecule has 0 fully saturated rings. The summed E-state index contributed by atoms with van der Waals surface area (Å²) in [6.45, 7) is 10.2. The van der Waals surface area contributed by atoms with E-state index in [-0.39, 0.29) is 11.2 Å². The lowest BCUT2D eigenvalue weighted by Crippen LogP contribution is -2.23. The van der Waals surface area contributed by atoms with Crippen LogP contribution in [0.4, 0.5) is 5.69 Å². The maximum atomic E-state index is 12.7. The SMILES string of the molecule is CC[C@H](C)c1ccccc1NC(=O)[C@H](C)Sc1nnc(-c2cc(C)cc(C)c2)o1. The second kappa shape index (κ2) is 9.27. The Morgan fingerprint density at radius 3 is 2.48 bits per heavy atom. The van der Waals surface area contributed by atoms with Gasteiger partial charge in [-0.2, -0.15) is 0 Å². The largest absolute Gasteiger partial charge is 0.411 e. The molecule has 6 heteroatoms. The van der Waals surface area contributed by atoms with Gasteiger partial charge in [0, 0.05) is 11.3 Å². The molecule has 29 heavy (non-hydrogen) atoms. The first-order valence-electron chi connectivity index (χ1n) is 9.86. The summed E-state index contributed by atoms with van der Waals surface area (Å²) >= 11 is 1.26. The van der Waals surface area contributed by atoms with Crippen molar-refractivity contribution in [3.05, 3.63) is 59.2 Å². The van der Waals surface area contributed by atoms with Crippen LogP contribution in [0.5, 0.6) is 0 Å². The molecule has 0 saturated heterocycles. The minimum atomic E-state index is -0.368. The van der Waals surface area contributed by atoms with Crippen LogP contribution >= 0.6 is 11.8 Å². The zero-order valence-corrected chi connectivity index (χ0v) is 18.3. The van der Waals surface area contributed by atoms with E-state index >= 15 is 0 Å². The smallest absolute Gasteiger partial charge is 0.277 e. The maximum absolute atomic E-state index is 12.7. The van der Waals surface area contributed by atoms with Gasteiger partial charge < -0.3 is 9.73 Å². The van der Waals surface area contributed by atoms with E-state index in [9.17, 15) is 4.79 Å². The van der Waals surface area contributed by atoms with Crippen molar-refractivity contribution in [2.75, 3.05) is 5.32 Å². The highest BCUT2D eigenvalue weighted by Gasteiger charge is 2.20. The van der Waals surface area contributed by atoms with E-state index in [2.05, 4.69) is 41.5 Å². The summed E-state index contributed by atoms with van der Waals surface area (Å²) in [6, 6.07) is 14.1. The predicted molar refractivity (Wildman–Crippen MR) is 118 cm³/mol. The van der Waals surface area contributed by atoms with E-state index in [1.165, 1.54) is 11.8 Å². The van der Waals surface area contributed by atoms with Gasteiger partial charge in [-0.3, -0.25) is 4.79 Å². The molecule has 1 N–H and O–H groups in total. The fourth-order valence-electron chi connectivity index (χ4n) is 3.17. The van der Waals surface area contributed by atoms with Gasteiger partial charge in [0.25, 0.3) is 5.22 Å². The number of hydrogen-bond acceptors (Lipinski definition) is 5. The summed E-state index contributed by atoms with van der Waals surface area (Å²) in [5.41, 5.74) is 5.18. The number of para-hydroxylation sites is 1. The number of thioether (sulfide) groups is 1. The van der Waals surface area contributed by atoms with Crippen molar-refractivity contribution in [1.82, 2.24) is 10.2 Å². The van der Waals surface area contributed by atoms with Gasteiger partial charge in [0.05, 0.1) is 5.25 Å². The molecule has 0 unspecified atom stereocenters. The Kier molecular flexibility index (Phi) is 6.75. The normalized spacial score (nSPS) is 13.1. The fourth-order valence-corrected chi connectivity index (χ4v) is 3.86. The molecule has 0 spiro atoms. The average Bonchev–Trinajstić information content (AvgIpc) is 3.15. The van der Waals surface area contributed by atoms with Gasteiger partial charge in [0.2, 0.25) is 11.8 Å². The van der Waals surface area contributed by atoms with E-state index < -0.39 is 0 Å². The van der Waals surface area contributed by atoms with Crippen LogP contribution in [0.2, 0.25) is 0 Å². The van der Waals surface area contributed by atoms with Gasteiger partial charge in [-0.25, -0.2) is 0 Å². The highest BCUT2D eigenvalue weighted by Crippen LogP contribution is 2.30. The molecule has 3 aromatic rings. The molecule has 1 amide bonds. The number of benzene rings is 2. The Morgan fingerprint density at radius 2 is 1.79 bits per heavy atom. The van der Waals surface area contributed by atoms with Gasteiger partial charge in [-0.15, -0.1) is 10.2 Å². The van der Waals surface area contributed by atoms with Crippen LogP contribution in [0, 0.1) is 13.8 Å². The summed E-state index contributed by atoms with van der Waals surface area (Å²) in [6.07, 6.45) is 1.01. The highest BCUT2D eigenvalue weighted by atomic mass is 32.2. The van der Waals surface area contributed by atoms with Gasteiger partial charge in [-0.05, 0) is 56.9 Å². The summed E-state index contributed by atoms with van der Waals surface area (Å²) < 4.78 is 5.79. The maximum Gasteiger partial charge on any atom is 0.277 e. The van der Waals surface area contributed by atoms with Crippen LogP contribution in [-0.2, 0) is 4.79 Å². The number of amides is 1. The molecule has 0 saturated carbocycles. The van der Waals surface area contributed by atoms with E-state index in [0.29, 0.717) is 17.0 Å². The van der Waals surface area contributed by atoms with Crippen molar-refractivity contribution in [3.8, 4) is 11.5 Å². The molecule has 152 valence electrons. The Balaban J connectivity index is 1.69. The number of hydrogen-bond donors (Lipinski definition) is 1. The monoisotopic (exact) mass is 409 g/mol. The van der Waals surface area contributed by atoms with Crippen LogP contribution < -0.4 is 5.32 Å². The van der Waals surface area contributed by atoms with Gasteiger partial charge in [0.15, 0.2) is 0 Å². The van der Waals surface area contributed by atoms with Crippen molar-refractivity contribution < 1.29 is 9.21 Å². The second-order valence-electron chi connectivity index (χ2n) is 7.40. The van der Waals surface area contributed by atoms with Crippen LogP contribution in [0.15, 0.2) is 52.1 Å². The molecular formula is C23H27N3O2S. The molecule has 0 bridgehead atoms. The first kappa shape index (κ1) is 21.1. The third-order valence-electron chi connectivity index (χ3n) is 4.88. The van der Waals surface area contributed by atoms with Crippen molar-refractivity contribution in [2.24, 2.45) is 0 Å². The number of nitrogens with zero attached hydrogens (tertiary/aromatic N) is 2. The van der Waals surface area contributed by atoms with E-state index in [4.69, 9.17) is 4.42 Å². The Morgan fingerprint density at radius 1 is 1.10 bits per heavy atom. The minimum absolute atomic E-state index is 0.0862. The number of carbonyl (C=O) groups is 1. The number of aromatic nitrogens is 2. The lowest BCUT2D eigenvalue weighted by molar-refractivity contribution is -0.115. The van der Waals surface area contributed by atoms with Crippen LogP contribution in [-0.4, -0.2) is 21.4 Å². The molecule has 1 heterocycles. The topological polar surface area (TPSA) is 68.0 Å². The summed E-state index contributed by atoms with van der Waals surface area (Å²) in [5.74, 6) is 0.761. The van der Waals surface area contributed by atoms with Gasteiger partial charge >= 0.3 is 0 Å². The zero-order chi connectivity index (χ0) is 21.0. The van der Waals surface area contributed by atoms with Crippen LogP contribution in [0.25, 0.3) is 11.5 Å². The van der Waals surface area contributed by atoms with Crippen molar-refractivity contribution >= 4 is 23.4 Å². The fraction of sp³-hybridized carbons (Fsp3) is 0.348. The molecule has 0 radical (unpaired) electrons. The minimum Gasteiger partial charge on any atom is -0.411 e. The summed E-state index contributed by atoms with van der Waals surface area (Å²) in [7, 11) is 0. The first-order chi connectivity index (χ1) is 13.9. The van der Waals surface area contributed by atoms with Crippen molar-refractivity contribution in [2.45, 2.75) is 57.4 Å². The van der Waals surface area contributed by atoms with Gasteiger partial charge in [0.1, 0.15) is 0 Å². The van der Waals surface area contributed by atoms with E-state index in [1.807, 2.05) is 51.1 Å². The number of nitrogens with one attached hydrogen (secondary N) is 1. The summed E-state index contributed by atoms with van der Waals surface area (Å²) in [5, 5.41) is 11.3. The van der Waals surface area contributed by atoms with Crippen molar-refractivity contribution in [1.29, 1.82) is 0 Å². The zero-order valence-electron chi connectivity index (χ0n) is 17.5. The molecule has 0 aliphatic carbocycles. The predicted octanol–water partition coefficient (Wildman–Crippen LogP) is 5.99. The second-order valence-corrected chi connectivity index (χ2v) is 8.69. The third-order valence-corrected chi connectivity index (χ3v) is 5.82. The van der Waals surface area contributed by atoms with Gasteiger partial charge in [-0.1, -0.05) is 61.0 Å². The molecule has 2 aromatic carbocycles. The third kappa shape index (κ3) is 5.26. The Hall–Kier alpha value is -2.60. The molecule has 5 nitrogen and oxygen atoms in total. The highest BCUT2D eigenvalue weighted by molar-refractivity contribution is 8.00. The lowest BCUT2D eigenvalue weighted by Gasteiger charge is -2.17. The number of carbonyl (C=O) groups excluding carboxylic acids is 1. The van der Waals surface area contributed by atoms with Crippen LogP contribution in [0.3, 0.4) is 0 Å². The number of rotatable bonds is 7. The molecule has 1 aromatic heterocycles. The first-order valence-corrected chi connectivity index (χ1v) is 10.7. The Labute approximate surface area is 176 Å². The molecular weight excluding hydrogens is 382 g/mol. The molecule has 0 aliphatic rings. The number of anilines is 1. The molecule has 3 rings (SSSR count). The Bertz CT molecular complexity index is 979. The van der Waals surface area contributed by atoms with Crippen molar-refractivity contribution in [3.63, 3.8) is 0 Å². The molecule has 2 atom stereocenters.